The van der Waals surface area contributed by atoms with Crippen LogP contribution in [0.3, 0.4) is 0 Å². The Bertz CT molecular complexity index is 1680. The minimum Gasteiger partial charge on any atom is -0.497 e. The highest BCUT2D eigenvalue weighted by molar-refractivity contribution is 7.17. The molecule has 5 rings (SSSR count). The van der Waals surface area contributed by atoms with Crippen molar-refractivity contribution in [1.29, 1.82) is 0 Å². The average Bonchev–Trinajstić information content (AvgIpc) is 3.48. The lowest BCUT2D eigenvalue weighted by molar-refractivity contribution is 0.0966. The van der Waals surface area contributed by atoms with E-state index in [4.69, 9.17) is 9.47 Å². The molecule has 0 bridgehead atoms. The molecule has 0 fully saturated rings. The third-order valence-electron chi connectivity index (χ3n) is 5.67. The number of ketones is 1. The van der Waals surface area contributed by atoms with Crippen molar-refractivity contribution >= 4 is 33.1 Å². The molecule has 3 heterocycles. The summed E-state index contributed by atoms with van der Waals surface area (Å²) in [6.45, 7) is 2.25. The quantitative estimate of drug-likeness (QED) is 0.310. The van der Waals surface area contributed by atoms with Crippen molar-refractivity contribution in [2.75, 3.05) is 13.7 Å². The Labute approximate surface area is 203 Å². The Morgan fingerprint density at radius 1 is 1.09 bits per heavy atom. The van der Waals surface area contributed by atoms with Crippen molar-refractivity contribution in [2.45, 2.75) is 20.0 Å². The summed E-state index contributed by atoms with van der Waals surface area (Å²) >= 11 is 1.26. The second-order valence-electron chi connectivity index (χ2n) is 7.80. The summed E-state index contributed by atoms with van der Waals surface area (Å²) < 4.78 is 15.3. The Morgan fingerprint density at radius 3 is 2.71 bits per heavy atom. The molecule has 0 atom stereocenters. The Balaban J connectivity index is 1.64. The van der Waals surface area contributed by atoms with Gasteiger partial charge in [0.25, 0.3) is 5.56 Å². The van der Waals surface area contributed by atoms with Crippen LogP contribution in [-0.4, -0.2) is 38.2 Å². The van der Waals surface area contributed by atoms with Gasteiger partial charge in [-0.25, -0.2) is 13.9 Å². The van der Waals surface area contributed by atoms with Crippen LogP contribution in [0.4, 0.5) is 0 Å². The van der Waals surface area contributed by atoms with Crippen molar-refractivity contribution in [3.8, 4) is 11.5 Å². The molecule has 0 unspecified atom stereocenters. The first-order valence-corrected chi connectivity index (χ1v) is 11.9. The van der Waals surface area contributed by atoms with E-state index in [1.807, 2.05) is 31.2 Å². The van der Waals surface area contributed by atoms with Gasteiger partial charge in [-0.3, -0.25) is 14.2 Å². The number of nitrogens with zero attached hydrogens (tertiary/aromatic N) is 4. The van der Waals surface area contributed by atoms with Gasteiger partial charge in [0.2, 0.25) is 5.78 Å². The number of methoxy groups -OCH3 is 1. The Hall–Kier alpha value is -4.18. The third kappa shape index (κ3) is 4.01. The van der Waals surface area contributed by atoms with E-state index in [2.05, 4.69) is 5.10 Å². The molecule has 178 valence electrons. The van der Waals surface area contributed by atoms with E-state index in [1.165, 1.54) is 27.4 Å². The number of rotatable bonds is 8. The summed E-state index contributed by atoms with van der Waals surface area (Å²) in [5.74, 6) is 1.06. The first-order valence-electron chi connectivity index (χ1n) is 11.0. The van der Waals surface area contributed by atoms with Crippen LogP contribution in [0.5, 0.6) is 11.5 Å². The summed E-state index contributed by atoms with van der Waals surface area (Å²) in [6.07, 6.45) is 0. The van der Waals surface area contributed by atoms with E-state index < -0.39 is 5.69 Å². The number of Topliss-reactive ketones (excluding diaryl/α,β-unsaturated/α-hetero) is 1. The summed E-state index contributed by atoms with van der Waals surface area (Å²) in [4.78, 5) is 39.7. The first-order chi connectivity index (χ1) is 17.0. The summed E-state index contributed by atoms with van der Waals surface area (Å²) in [6, 6.07) is 15.9. The van der Waals surface area contributed by atoms with Gasteiger partial charge in [-0.1, -0.05) is 30.3 Å². The molecule has 0 N–H and O–H groups in total. The molecule has 0 saturated heterocycles. The van der Waals surface area contributed by atoms with Crippen molar-refractivity contribution in [1.82, 2.24) is 18.7 Å². The highest BCUT2D eigenvalue weighted by Crippen LogP contribution is 2.22. The minimum absolute atomic E-state index is 0.159. The van der Waals surface area contributed by atoms with E-state index in [9.17, 15) is 14.4 Å². The number of benzene rings is 2. The largest absolute Gasteiger partial charge is 0.497 e. The normalized spacial score (nSPS) is 11.3. The summed E-state index contributed by atoms with van der Waals surface area (Å²) in [5.41, 5.74) is 0.895. The number of para-hydroxylation sites is 1. The van der Waals surface area contributed by atoms with Gasteiger partial charge >= 0.3 is 5.69 Å². The Kier molecular flexibility index (Phi) is 5.96. The molecule has 3 aromatic heterocycles. The molecule has 0 saturated carbocycles. The molecule has 35 heavy (non-hydrogen) atoms. The maximum Gasteiger partial charge on any atom is 0.352 e. The summed E-state index contributed by atoms with van der Waals surface area (Å²) in [7, 11) is 1.52. The predicted octanol–water partition coefficient (Wildman–Crippen LogP) is 3.21. The molecule has 5 aromatic rings. The number of ether oxygens (including phenoxy) is 2. The number of thiophene rings is 1. The van der Waals surface area contributed by atoms with E-state index >= 15 is 0 Å². The van der Waals surface area contributed by atoms with Crippen LogP contribution in [0.2, 0.25) is 0 Å². The molecule has 0 radical (unpaired) electrons. The number of carbonyl (C=O) groups excluding carboxylic acids is 1. The van der Waals surface area contributed by atoms with Gasteiger partial charge < -0.3 is 9.47 Å². The lowest BCUT2D eigenvalue weighted by Crippen LogP contribution is -2.27. The summed E-state index contributed by atoms with van der Waals surface area (Å²) in [5, 5.41) is 6.18. The molecular formula is C25H22N4O5S. The fraction of sp³-hybridized carbons (Fsp3) is 0.200. The van der Waals surface area contributed by atoms with Crippen LogP contribution in [0.1, 0.15) is 22.8 Å². The predicted molar refractivity (Wildman–Crippen MR) is 133 cm³/mol. The van der Waals surface area contributed by atoms with Crippen LogP contribution in [0.15, 0.2) is 69.6 Å². The lowest BCUT2D eigenvalue weighted by atomic mass is 10.1. The maximum atomic E-state index is 13.4. The van der Waals surface area contributed by atoms with Crippen LogP contribution in [0, 0.1) is 0 Å². The fourth-order valence-corrected chi connectivity index (χ4v) is 4.83. The topological polar surface area (TPSA) is 96.8 Å². The average molecular weight is 491 g/mol. The van der Waals surface area contributed by atoms with Gasteiger partial charge in [0, 0.05) is 11.1 Å². The highest BCUT2D eigenvalue weighted by Gasteiger charge is 2.21. The fourth-order valence-electron chi connectivity index (χ4n) is 4.00. The zero-order chi connectivity index (χ0) is 24.5. The third-order valence-corrected chi connectivity index (χ3v) is 6.57. The second kappa shape index (κ2) is 9.22. The molecule has 0 aliphatic rings. The lowest BCUT2D eigenvalue weighted by Gasteiger charge is -2.12. The molecule has 0 spiro atoms. The SMILES string of the molecule is CCOc1ccccc1Cn1c(=O)c2sccc2n2c(=O)n(CC(=O)c3cccc(OC)c3)nc12. The van der Waals surface area contributed by atoms with Crippen LogP contribution in [0.25, 0.3) is 16.0 Å². The molecule has 0 aliphatic heterocycles. The van der Waals surface area contributed by atoms with Crippen molar-refractivity contribution in [3.63, 3.8) is 0 Å². The van der Waals surface area contributed by atoms with E-state index in [-0.39, 0.29) is 30.2 Å². The smallest absolute Gasteiger partial charge is 0.352 e. The van der Waals surface area contributed by atoms with Gasteiger partial charge in [0.05, 0.1) is 25.8 Å². The number of fused-ring (bicyclic) bond motifs is 3. The van der Waals surface area contributed by atoms with Crippen molar-refractivity contribution < 1.29 is 14.3 Å². The standard InChI is InChI=1S/C25H22N4O5S/c1-3-34-21-10-5-4-7-17(21)14-27-23(31)22-19(11-12-35-22)29-24(27)26-28(25(29)32)15-20(30)16-8-6-9-18(13-16)33-2/h4-13H,3,14-15H2,1-2H3. The van der Waals surface area contributed by atoms with Crippen LogP contribution < -0.4 is 20.7 Å². The van der Waals surface area contributed by atoms with Gasteiger partial charge in [0.15, 0.2) is 5.78 Å². The number of hydrogen-bond acceptors (Lipinski definition) is 7. The highest BCUT2D eigenvalue weighted by atomic mass is 32.1. The van der Waals surface area contributed by atoms with E-state index in [0.29, 0.717) is 33.9 Å². The number of hydrogen-bond donors (Lipinski definition) is 0. The molecule has 10 heteroatoms. The van der Waals surface area contributed by atoms with Crippen LogP contribution >= 0.6 is 11.3 Å². The maximum absolute atomic E-state index is 13.4. The number of carbonyl (C=O) groups is 1. The second-order valence-corrected chi connectivity index (χ2v) is 8.71. The van der Waals surface area contributed by atoms with Crippen molar-refractivity contribution in [2.24, 2.45) is 0 Å². The Morgan fingerprint density at radius 2 is 1.91 bits per heavy atom. The van der Waals surface area contributed by atoms with Gasteiger partial charge in [-0.05, 0) is 36.6 Å². The van der Waals surface area contributed by atoms with Gasteiger partial charge in [-0.15, -0.1) is 16.4 Å². The van der Waals surface area contributed by atoms with Crippen molar-refractivity contribution in [3.05, 3.63) is 91.9 Å². The van der Waals surface area contributed by atoms with Crippen LogP contribution in [-0.2, 0) is 13.1 Å². The molecule has 0 amide bonds. The van der Waals surface area contributed by atoms with E-state index in [0.717, 1.165) is 10.2 Å². The molecular weight excluding hydrogens is 468 g/mol. The molecule has 2 aromatic carbocycles. The van der Waals surface area contributed by atoms with Gasteiger partial charge in [-0.2, -0.15) is 0 Å². The minimum atomic E-state index is -0.494. The first kappa shape index (κ1) is 22.6. The monoisotopic (exact) mass is 490 g/mol. The van der Waals surface area contributed by atoms with Gasteiger partial charge in [0.1, 0.15) is 22.7 Å². The zero-order valence-corrected chi connectivity index (χ0v) is 19.9. The molecule has 0 aliphatic carbocycles. The van der Waals surface area contributed by atoms with E-state index in [1.54, 1.807) is 35.7 Å². The number of aromatic nitrogens is 4. The molecule has 9 nitrogen and oxygen atoms in total. The zero-order valence-electron chi connectivity index (χ0n) is 19.1.